The van der Waals surface area contributed by atoms with Gasteiger partial charge in [0.05, 0.1) is 6.42 Å². The van der Waals surface area contributed by atoms with Crippen molar-refractivity contribution in [2.45, 2.75) is 46.0 Å². The maximum absolute atomic E-state index is 11.5. The molecule has 0 atom stereocenters. The number of aliphatic carboxylic acids is 1. The van der Waals surface area contributed by atoms with Crippen LogP contribution in [0, 0.1) is 11.3 Å². The van der Waals surface area contributed by atoms with E-state index in [0.29, 0.717) is 6.42 Å². The van der Waals surface area contributed by atoms with Gasteiger partial charge in [-0.25, -0.2) is 0 Å². The summed E-state index contributed by atoms with van der Waals surface area (Å²) in [6, 6.07) is 0. The lowest BCUT2D eigenvalue weighted by Crippen LogP contribution is -2.35. The standard InChI is InChI=1S/C11H18O3/c1-8(2)9(12)6-11(4-3-5-11)7-10(13)14/h8H,3-7H2,1-2H3,(H,13,14). The zero-order valence-corrected chi connectivity index (χ0v) is 8.88. The van der Waals surface area contributed by atoms with Crippen LogP contribution in [-0.4, -0.2) is 16.9 Å². The highest BCUT2D eigenvalue weighted by Gasteiger charge is 2.40. The first kappa shape index (κ1) is 11.2. The molecule has 0 amide bonds. The topological polar surface area (TPSA) is 54.4 Å². The maximum Gasteiger partial charge on any atom is 0.303 e. The number of rotatable bonds is 5. The average molecular weight is 198 g/mol. The minimum atomic E-state index is -0.777. The van der Waals surface area contributed by atoms with Crippen LogP contribution in [0.1, 0.15) is 46.0 Å². The Bertz CT molecular complexity index is 239. The molecule has 0 aromatic rings. The van der Waals surface area contributed by atoms with Crippen molar-refractivity contribution in [2.24, 2.45) is 11.3 Å². The Balaban J connectivity index is 2.53. The Morgan fingerprint density at radius 2 is 1.86 bits per heavy atom. The number of carboxylic acids is 1. The molecule has 0 aromatic carbocycles. The van der Waals surface area contributed by atoms with Crippen LogP contribution in [0.15, 0.2) is 0 Å². The van der Waals surface area contributed by atoms with Crippen LogP contribution < -0.4 is 0 Å². The first-order chi connectivity index (χ1) is 6.45. The van der Waals surface area contributed by atoms with Crippen molar-refractivity contribution >= 4 is 11.8 Å². The zero-order valence-electron chi connectivity index (χ0n) is 8.88. The van der Waals surface area contributed by atoms with Crippen LogP contribution in [0.2, 0.25) is 0 Å². The third-order valence-electron chi connectivity index (χ3n) is 3.13. The number of ketones is 1. The predicted octanol–water partition coefficient (Wildman–Crippen LogP) is 2.25. The van der Waals surface area contributed by atoms with Crippen molar-refractivity contribution in [2.75, 3.05) is 0 Å². The molecule has 14 heavy (non-hydrogen) atoms. The van der Waals surface area contributed by atoms with Gasteiger partial charge in [0.1, 0.15) is 5.78 Å². The first-order valence-corrected chi connectivity index (χ1v) is 5.20. The predicted molar refractivity (Wildman–Crippen MR) is 53.0 cm³/mol. The molecule has 0 radical (unpaired) electrons. The van der Waals surface area contributed by atoms with Gasteiger partial charge in [-0.15, -0.1) is 0 Å². The number of carboxylic acid groups (broad SMARTS) is 1. The van der Waals surface area contributed by atoms with E-state index in [2.05, 4.69) is 0 Å². The van der Waals surface area contributed by atoms with Gasteiger partial charge in [0.15, 0.2) is 0 Å². The molecule has 0 unspecified atom stereocenters. The average Bonchev–Trinajstić information content (AvgIpc) is 1.99. The molecule has 0 bridgehead atoms. The number of carbonyl (C=O) groups is 2. The van der Waals surface area contributed by atoms with Crippen molar-refractivity contribution in [3.63, 3.8) is 0 Å². The summed E-state index contributed by atoms with van der Waals surface area (Å²) in [4.78, 5) is 22.2. The smallest absolute Gasteiger partial charge is 0.303 e. The molecule has 1 N–H and O–H groups in total. The van der Waals surface area contributed by atoms with Crippen LogP contribution in [0.4, 0.5) is 0 Å². The molecule has 0 aliphatic heterocycles. The molecular formula is C11H18O3. The minimum Gasteiger partial charge on any atom is -0.481 e. The first-order valence-electron chi connectivity index (χ1n) is 5.20. The fourth-order valence-corrected chi connectivity index (χ4v) is 1.99. The second kappa shape index (κ2) is 4.11. The second-order valence-corrected chi connectivity index (χ2v) is 4.72. The third kappa shape index (κ3) is 2.56. The molecule has 0 aromatic heterocycles. The van der Waals surface area contributed by atoms with Crippen molar-refractivity contribution in [1.29, 1.82) is 0 Å². The lowest BCUT2D eigenvalue weighted by molar-refractivity contribution is -0.142. The van der Waals surface area contributed by atoms with E-state index in [0.717, 1.165) is 19.3 Å². The summed E-state index contributed by atoms with van der Waals surface area (Å²) in [5, 5.41) is 8.75. The summed E-state index contributed by atoms with van der Waals surface area (Å²) in [5.41, 5.74) is -0.201. The summed E-state index contributed by atoms with van der Waals surface area (Å²) in [7, 11) is 0. The van der Waals surface area contributed by atoms with Gasteiger partial charge in [-0.05, 0) is 18.3 Å². The Kier molecular flexibility index (Phi) is 3.29. The van der Waals surface area contributed by atoms with Gasteiger partial charge >= 0.3 is 5.97 Å². The molecule has 0 spiro atoms. The second-order valence-electron chi connectivity index (χ2n) is 4.72. The monoisotopic (exact) mass is 198 g/mol. The number of hydrogen-bond donors (Lipinski definition) is 1. The molecule has 1 rings (SSSR count). The van der Waals surface area contributed by atoms with Gasteiger partial charge in [0.2, 0.25) is 0 Å². The fraction of sp³-hybridized carbons (Fsp3) is 0.818. The zero-order chi connectivity index (χ0) is 10.8. The van der Waals surface area contributed by atoms with E-state index in [1.165, 1.54) is 0 Å². The Hall–Kier alpha value is -0.860. The number of Topliss-reactive ketones (excluding diaryl/α,β-unsaturated/α-hetero) is 1. The fourth-order valence-electron chi connectivity index (χ4n) is 1.99. The van der Waals surface area contributed by atoms with Gasteiger partial charge in [0.25, 0.3) is 0 Å². The summed E-state index contributed by atoms with van der Waals surface area (Å²) < 4.78 is 0. The molecule has 3 nitrogen and oxygen atoms in total. The van der Waals surface area contributed by atoms with E-state index in [9.17, 15) is 9.59 Å². The van der Waals surface area contributed by atoms with E-state index < -0.39 is 5.97 Å². The Morgan fingerprint density at radius 1 is 1.29 bits per heavy atom. The van der Waals surface area contributed by atoms with E-state index >= 15 is 0 Å². The Morgan fingerprint density at radius 3 is 2.14 bits per heavy atom. The maximum atomic E-state index is 11.5. The van der Waals surface area contributed by atoms with Crippen LogP contribution in [-0.2, 0) is 9.59 Å². The summed E-state index contributed by atoms with van der Waals surface area (Å²) in [5.74, 6) is -0.548. The molecule has 1 aliphatic carbocycles. The summed E-state index contributed by atoms with van der Waals surface area (Å²) >= 11 is 0. The minimum absolute atomic E-state index is 0.0290. The van der Waals surface area contributed by atoms with Crippen molar-refractivity contribution in [3.05, 3.63) is 0 Å². The van der Waals surface area contributed by atoms with Crippen LogP contribution in [0.25, 0.3) is 0 Å². The van der Waals surface area contributed by atoms with Crippen LogP contribution in [0.5, 0.6) is 0 Å². The molecule has 80 valence electrons. The van der Waals surface area contributed by atoms with Crippen molar-refractivity contribution in [3.8, 4) is 0 Å². The molecule has 1 fully saturated rings. The van der Waals surface area contributed by atoms with Crippen molar-refractivity contribution in [1.82, 2.24) is 0 Å². The molecule has 1 aliphatic rings. The number of hydrogen-bond acceptors (Lipinski definition) is 2. The van der Waals surface area contributed by atoms with Gasteiger partial charge in [-0.2, -0.15) is 0 Å². The molecule has 3 heteroatoms. The highest BCUT2D eigenvalue weighted by molar-refractivity contribution is 5.82. The van der Waals surface area contributed by atoms with Crippen LogP contribution in [0.3, 0.4) is 0 Å². The molecular weight excluding hydrogens is 180 g/mol. The number of carbonyl (C=O) groups excluding carboxylic acids is 1. The van der Waals surface area contributed by atoms with Crippen molar-refractivity contribution < 1.29 is 14.7 Å². The largest absolute Gasteiger partial charge is 0.481 e. The normalized spacial score (nSPS) is 19.1. The Labute approximate surface area is 84.5 Å². The molecule has 1 saturated carbocycles. The van der Waals surface area contributed by atoms with E-state index in [-0.39, 0.29) is 23.5 Å². The molecule has 0 saturated heterocycles. The van der Waals surface area contributed by atoms with Gasteiger partial charge < -0.3 is 5.11 Å². The van der Waals surface area contributed by atoms with Gasteiger partial charge in [-0.3, -0.25) is 9.59 Å². The van der Waals surface area contributed by atoms with E-state index in [4.69, 9.17) is 5.11 Å². The molecule has 0 heterocycles. The van der Waals surface area contributed by atoms with E-state index in [1.807, 2.05) is 13.8 Å². The van der Waals surface area contributed by atoms with Gasteiger partial charge in [0, 0.05) is 12.3 Å². The lowest BCUT2D eigenvalue weighted by Gasteiger charge is -2.40. The SMILES string of the molecule is CC(C)C(=O)CC1(CC(=O)O)CCC1. The van der Waals surface area contributed by atoms with Crippen LogP contribution >= 0.6 is 0 Å². The lowest BCUT2D eigenvalue weighted by atomic mass is 9.63. The quantitative estimate of drug-likeness (QED) is 0.737. The van der Waals surface area contributed by atoms with E-state index in [1.54, 1.807) is 0 Å². The summed E-state index contributed by atoms with van der Waals surface area (Å²) in [6.07, 6.45) is 3.48. The summed E-state index contributed by atoms with van der Waals surface area (Å²) in [6.45, 7) is 3.74. The highest BCUT2D eigenvalue weighted by Crippen LogP contribution is 2.47. The third-order valence-corrected chi connectivity index (χ3v) is 3.13. The highest BCUT2D eigenvalue weighted by atomic mass is 16.4. The van der Waals surface area contributed by atoms with Gasteiger partial charge in [-0.1, -0.05) is 20.3 Å².